The number of carboxylic acid groups (broad SMARTS) is 1. The Balaban J connectivity index is 2.72. The molecule has 1 N–H and O–H groups in total. The molecule has 1 unspecified atom stereocenters. The standard InChI is InChI=1S/C12H15FO2S/c1-3-8(2)7-16-11-5-4-9(12(14)15)6-10(11)13/h4-6,8H,3,7H2,1-2H3,(H,14,15). The van der Waals surface area contributed by atoms with Gasteiger partial charge in [-0.2, -0.15) is 0 Å². The summed E-state index contributed by atoms with van der Waals surface area (Å²) in [6.07, 6.45) is 1.06. The number of hydrogen-bond acceptors (Lipinski definition) is 2. The van der Waals surface area contributed by atoms with Crippen molar-refractivity contribution in [3.8, 4) is 0 Å². The zero-order valence-electron chi connectivity index (χ0n) is 9.37. The molecule has 88 valence electrons. The fourth-order valence-corrected chi connectivity index (χ4v) is 2.16. The number of halogens is 1. The molecule has 0 aliphatic carbocycles. The molecule has 0 heterocycles. The average molecular weight is 242 g/mol. The van der Waals surface area contributed by atoms with E-state index in [1.807, 2.05) is 0 Å². The lowest BCUT2D eigenvalue weighted by atomic mass is 10.2. The highest BCUT2D eigenvalue weighted by Gasteiger charge is 2.09. The molecule has 0 saturated carbocycles. The van der Waals surface area contributed by atoms with Crippen LogP contribution in [0.4, 0.5) is 4.39 Å². The molecule has 0 fully saturated rings. The highest BCUT2D eigenvalue weighted by atomic mass is 32.2. The third-order valence-corrected chi connectivity index (χ3v) is 3.78. The second-order valence-corrected chi connectivity index (χ2v) is 4.84. The summed E-state index contributed by atoms with van der Waals surface area (Å²) >= 11 is 1.43. The highest BCUT2D eigenvalue weighted by molar-refractivity contribution is 7.99. The van der Waals surface area contributed by atoms with E-state index in [4.69, 9.17) is 5.11 Å². The molecule has 0 spiro atoms. The maximum absolute atomic E-state index is 13.5. The first-order valence-electron chi connectivity index (χ1n) is 5.20. The molecule has 0 amide bonds. The van der Waals surface area contributed by atoms with Crippen LogP contribution >= 0.6 is 11.8 Å². The molecule has 2 nitrogen and oxygen atoms in total. The summed E-state index contributed by atoms with van der Waals surface area (Å²) in [5.74, 6) is -0.172. The molecule has 0 aromatic heterocycles. The summed E-state index contributed by atoms with van der Waals surface area (Å²) in [5, 5.41) is 8.68. The Morgan fingerprint density at radius 2 is 2.25 bits per heavy atom. The zero-order valence-corrected chi connectivity index (χ0v) is 10.2. The van der Waals surface area contributed by atoms with Crippen molar-refractivity contribution in [1.29, 1.82) is 0 Å². The lowest BCUT2D eigenvalue weighted by Gasteiger charge is -2.08. The van der Waals surface area contributed by atoms with Crippen molar-refractivity contribution < 1.29 is 14.3 Å². The molecular weight excluding hydrogens is 227 g/mol. The number of benzene rings is 1. The molecule has 0 radical (unpaired) electrons. The number of aromatic carboxylic acids is 1. The maximum Gasteiger partial charge on any atom is 0.335 e. The predicted molar refractivity (Wildman–Crippen MR) is 63.5 cm³/mol. The lowest BCUT2D eigenvalue weighted by Crippen LogP contribution is -1.99. The second kappa shape index (κ2) is 5.89. The van der Waals surface area contributed by atoms with Crippen LogP contribution in [0, 0.1) is 11.7 Å². The summed E-state index contributed by atoms with van der Waals surface area (Å²) in [6.45, 7) is 4.20. The molecule has 0 saturated heterocycles. The van der Waals surface area contributed by atoms with Crippen molar-refractivity contribution in [2.75, 3.05) is 5.75 Å². The van der Waals surface area contributed by atoms with Crippen molar-refractivity contribution in [2.24, 2.45) is 5.92 Å². The van der Waals surface area contributed by atoms with Gasteiger partial charge < -0.3 is 5.11 Å². The fourth-order valence-electron chi connectivity index (χ4n) is 1.10. The Bertz CT molecular complexity index is 379. The van der Waals surface area contributed by atoms with E-state index in [1.165, 1.54) is 23.9 Å². The first-order valence-corrected chi connectivity index (χ1v) is 6.18. The van der Waals surface area contributed by atoms with Crippen LogP contribution in [0.3, 0.4) is 0 Å². The van der Waals surface area contributed by atoms with Gasteiger partial charge in [0.2, 0.25) is 0 Å². The quantitative estimate of drug-likeness (QED) is 0.800. The van der Waals surface area contributed by atoms with Gasteiger partial charge in [-0.25, -0.2) is 9.18 Å². The topological polar surface area (TPSA) is 37.3 Å². The Labute approximate surface area is 98.9 Å². The monoisotopic (exact) mass is 242 g/mol. The van der Waals surface area contributed by atoms with Crippen LogP contribution in [-0.4, -0.2) is 16.8 Å². The fraction of sp³-hybridized carbons (Fsp3) is 0.417. The molecule has 1 rings (SSSR count). The minimum atomic E-state index is -1.10. The molecule has 0 aliphatic heterocycles. The molecule has 16 heavy (non-hydrogen) atoms. The first kappa shape index (κ1) is 13.0. The SMILES string of the molecule is CCC(C)CSc1ccc(C(=O)O)cc1F. The molecule has 0 aliphatic rings. The summed E-state index contributed by atoms with van der Waals surface area (Å²) < 4.78 is 13.5. The van der Waals surface area contributed by atoms with Crippen LogP contribution < -0.4 is 0 Å². The molecule has 1 atom stereocenters. The van der Waals surface area contributed by atoms with E-state index in [0.29, 0.717) is 10.8 Å². The van der Waals surface area contributed by atoms with E-state index in [-0.39, 0.29) is 5.56 Å². The minimum absolute atomic E-state index is 0.00890. The number of carbonyl (C=O) groups is 1. The van der Waals surface area contributed by atoms with Gasteiger partial charge in [-0.3, -0.25) is 0 Å². The lowest BCUT2D eigenvalue weighted by molar-refractivity contribution is 0.0696. The smallest absolute Gasteiger partial charge is 0.335 e. The Morgan fingerprint density at radius 3 is 2.75 bits per heavy atom. The predicted octanol–water partition coefficient (Wildman–Crippen LogP) is 3.66. The number of hydrogen-bond donors (Lipinski definition) is 1. The van der Waals surface area contributed by atoms with Crippen LogP contribution in [0.2, 0.25) is 0 Å². The Morgan fingerprint density at radius 1 is 1.56 bits per heavy atom. The van der Waals surface area contributed by atoms with E-state index in [0.717, 1.165) is 18.2 Å². The third kappa shape index (κ3) is 3.52. The normalized spacial score (nSPS) is 12.4. The molecule has 4 heteroatoms. The van der Waals surface area contributed by atoms with Gasteiger partial charge in [0.25, 0.3) is 0 Å². The van der Waals surface area contributed by atoms with E-state index >= 15 is 0 Å². The highest BCUT2D eigenvalue weighted by Crippen LogP contribution is 2.25. The van der Waals surface area contributed by atoms with Crippen LogP contribution in [-0.2, 0) is 0 Å². The van der Waals surface area contributed by atoms with Crippen molar-refractivity contribution >= 4 is 17.7 Å². The van der Waals surface area contributed by atoms with Gasteiger partial charge in [0, 0.05) is 10.6 Å². The third-order valence-electron chi connectivity index (χ3n) is 2.40. The average Bonchev–Trinajstić information content (AvgIpc) is 2.26. The van der Waals surface area contributed by atoms with Crippen molar-refractivity contribution in [3.63, 3.8) is 0 Å². The van der Waals surface area contributed by atoms with Crippen molar-refractivity contribution in [3.05, 3.63) is 29.6 Å². The number of rotatable bonds is 5. The van der Waals surface area contributed by atoms with Crippen LogP contribution in [0.5, 0.6) is 0 Å². The van der Waals surface area contributed by atoms with Gasteiger partial charge in [-0.1, -0.05) is 20.3 Å². The largest absolute Gasteiger partial charge is 0.478 e. The molecule has 1 aromatic carbocycles. The maximum atomic E-state index is 13.5. The van der Waals surface area contributed by atoms with Crippen LogP contribution in [0.1, 0.15) is 30.6 Å². The van der Waals surface area contributed by atoms with E-state index in [9.17, 15) is 9.18 Å². The summed E-state index contributed by atoms with van der Waals surface area (Å²) in [5.41, 5.74) is -0.00890. The second-order valence-electron chi connectivity index (χ2n) is 3.77. The minimum Gasteiger partial charge on any atom is -0.478 e. The van der Waals surface area contributed by atoms with Gasteiger partial charge in [0.15, 0.2) is 0 Å². The van der Waals surface area contributed by atoms with Gasteiger partial charge in [0.05, 0.1) is 5.56 Å². The van der Waals surface area contributed by atoms with Gasteiger partial charge in [0.1, 0.15) is 5.82 Å². The molecule has 0 bridgehead atoms. The summed E-state index contributed by atoms with van der Waals surface area (Å²) in [6, 6.07) is 4.04. The first-order chi connectivity index (χ1) is 7.54. The van der Waals surface area contributed by atoms with Crippen LogP contribution in [0.15, 0.2) is 23.1 Å². The van der Waals surface area contributed by atoms with Crippen molar-refractivity contribution in [1.82, 2.24) is 0 Å². The number of carboxylic acids is 1. The van der Waals surface area contributed by atoms with E-state index in [2.05, 4.69) is 13.8 Å². The summed E-state index contributed by atoms with van der Waals surface area (Å²) in [4.78, 5) is 11.1. The van der Waals surface area contributed by atoms with Gasteiger partial charge in [-0.05, 0) is 24.1 Å². The summed E-state index contributed by atoms with van der Waals surface area (Å²) in [7, 11) is 0. The van der Waals surface area contributed by atoms with E-state index < -0.39 is 11.8 Å². The Kier molecular flexibility index (Phi) is 4.80. The van der Waals surface area contributed by atoms with Gasteiger partial charge in [-0.15, -0.1) is 11.8 Å². The molecule has 1 aromatic rings. The van der Waals surface area contributed by atoms with E-state index in [1.54, 1.807) is 0 Å². The molecular formula is C12H15FO2S. The van der Waals surface area contributed by atoms with Crippen molar-refractivity contribution in [2.45, 2.75) is 25.2 Å². The number of thioether (sulfide) groups is 1. The zero-order chi connectivity index (χ0) is 12.1. The van der Waals surface area contributed by atoms with Crippen LogP contribution in [0.25, 0.3) is 0 Å². The van der Waals surface area contributed by atoms with Gasteiger partial charge >= 0.3 is 5.97 Å². The Hall–Kier alpha value is -1.03.